The minimum Gasteiger partial charge on any atom is -0.303 e. The fourth-order valence-electron chi connectivity index (χ4n) is 0.706. The van der Waals surface area contributed by atoms with Gasteiger partial charge in [-0.2, -0.15) is 8.42 Å². The molecule has 0 radical (unpaired) electrons. The van der Waals surface area contributed by atoms with Crippen molar-refractivity contribution in [3.8, 4) is 0 Å². The van der Waals surface area contributed by atoms with Crippen LogP contribution in [0.5, 0.6) is 0 Å². The molecule has 0 saturated heterocycles. The molecule has 1 heterocycles. The van der Waals surface area contributed by atoms with E-state index >= 15 is 0 Å². The minimum absolute atomic E-state index is 0.191. The summed E-state index contributed by atoms with van der Waals surface area (Å²) < 4.78 is 30.9. The van der Waals surface area contributed by atoms with Gasteiger partial charge in [0.1, 0.15) is 0 Å². The van der Waals surface area contributed by atoms with Crippen LogP contribution in [0, 0.1) is 0 Å². The quantitative estimate of drug-likeness (QED) is 0.468. The Bertz CT molecular complexity index is 304. The number of rotatable bonds is 1. The standard InChI is InChI=1S/C5H7NO3S2/c7-11(8,9)5-3-1-2-4-6(5)10/h1-3,10H,4H2,(H,7,8,9). The molecule has 1 aliphatic rings. The predicted molar refractivity (Wildman–Crippen MR) is 44.5 cm³/mol. The highest BCUT2D eigenvalue weighted by atomic mass is 32.2. The van der Waals surface area contributed by atoms with Gasteiger partial charge in [0.15, 0.2) is 5.03 Å². The van der Waals surface area contributed by atoms with Gasteiger partial charge in [0.25, 0.3) is 0 Å². The first-order valence-corrected chi connectivity index (χ1v) is 4.66. The molecule has 0 atom stereocenters. The molecule has 0 aliphatic carbocycles. The summed E-state index contributed by atoms with van der Waals surface area (Å²) in [6, 6.07) is 0. The van der Waals surface area contributed by atoms with Crippen LogP contribution in [0.3, 0.4) is 0 Å². The fourth-order valence-corrected chi connectivity index (χ4v) is 1.77. The third kappa shape index (κ3) is 1.98. The van der Waals surface area contributed by atoms with Crippen molar-refractivity contribution in [1.82, 2.24) is 4.31 Å². The summed E-state index contributed by atoms with van der Waals surface area (Å²) in [5.41, 5.74) is 0. The van der Waals surface area contributed by atoms with Crippen molar-refractivity contribution < 1.29 is 13.0 Å². The van der Waals surface area contributed by atoms with E-state index in [1.807, 2.05) is 0 Å². The maximum Gasteiger partial charge on any atom is 0.310 e. The summed E-state index contributed by atoms with van der Waals surface area (Å²) in [5.74, 6) is 0. The fraction of sp³-hybridized carbons (Fsp3) is 0.200. The van der Waals surface area contributed by atoms with Gasteiger partial charge in [0.05, 0.1) is 0 Å². The number of hydrogen-bond acceptors (Lipinski definition) is 4. The molecule has 11 heavy (non-hydrogen) atoms. The predicted octanol–water partition coefficient (Wildman–Crippen LogP) is 0.432. The van der Waals surface area contributed by atoms with Crippen LogP contribution in [0.2, 0.25) is 0 Å². The topological polar surface area (TPSA) is 57.6 Å². The van der Waals surface area contributed by atoms with Gasteiger partial charge < -0.3 is 4.31 Å². The Hall–Kier alpha value is -0.460. The Labute approximate surface area is 70.5 Å². The number of hydrogen-bond donors (Lipinski definition) is 2. The molecule has 0 saturated carbocycles. The largest absolute Gasteiger partial charge is 0.310 e. The second kappa shape index (κ2) is 2.88. The molecule has 1 N–H and O–H groups in total. The molecule has 62 valence electrons. The SMILES string of the molecule is O=S(=O)(O)C1=CC=CCN1S. The van der Waals surface area contributed by atoms with Crippen LogP contribution in [0.4, 0.5) is 0 Å². The maximum atomic E-state index is 10.6. The van der Waals surface area contributed by atoms with Gasteiger partial charge in [-0.1, -0.05) is 25.0 Å². The summed E-state index contributed by atoms with van der Waals surface area (Å²) >= 11 is 3.82. The van der Waals surface area contributed by atoms with Crippen LogP contribution in [0.15, 0.2) is 23.3 Å². The molecule has 0 fully saturated rings. The number of nitrogens with zero attached hydrogens (tertiary/aromatic N) is 1. The van der Waals surface area contributed by atoms with E-state index in [1.165, 1.54) is 6.08 Å². The first kappa shape index (κ1) is 8.63. The molecule has 1 aliphatic heterocycles. The van der Waals surface area contributed by atoms with Crippen molar-refractivity contribution >= 4 is 22.9 Å². The highest BCUT2D eigenvalue weighted by molar-refractivity contribution is 7.90. The Morgan fingerprint density at radius 1 is 1.64 bits per heavy atom. The Morgan fingerprint density at radius 2 is 2.27 bits per heavy atom. The average molecular weight is 193 g/mol. The van der Waals surface area contributed by atoms with Gasteiger partial charge in [0.2, 0.25) is 0 Å². The van der Waals surface area contributed by atoms with Crippen LogP contribution in [0.25, 0.3) is 0 Å². The molecular formula is C5H7NO3S2. The zero-order valence-electron chi connectivity index (χ0n) is 5.51. The monoisotopic (exact) mass is 193 g/mol. The molecule has 0 spiro atoms. The average Bonchev–Trinajstić information content (AvgIpc) is 1.86. The van der Waals surface area contributed by atoms with Crippen LogP contribution in [-0.4, -0.2) is 23.8 Å². The van der Waals surface area contributed by atoms with Gasteiger partial charge >= 0.3 is 10.1 Å². The number of thiol groups is 1. The summed E-state index contributed by atoms with van der Waals surface area (Å²) in [4.78, 5) is 0. The maximum absolute atomic E-state index is 10.6. The summed E-state index contributed by atoms with van der Waals surface area (Å²) in [5, 5.41) is -0.191. The van der Waals surface area contributed by atoms with Crippen LogP contribution >= 0.6 is 12.8 Å². The summed E-state index contributed by atoms with van der Waals surface area (Å²) in [7, 11) is -4.12. The van der Waals surface area contributed by atoms with Gasteiger partial charge in [-0.25, -0.2) is 0 Å². The van der Waals surface area contributed by atoms with Crippen LogP contribution < -0.4 is 0 Å². The van der Waals surface area contributed by atoms with E-state index in [0.29, 0.717) is 6.54 Å². The van der Waals surface area contributed by atoms with Crippen molar-refractivity contribution in [3.63, 3.8) is 0 Å². The van der Waals surface area contributed by atoms with Crippen molar-refractivity contribution in [1.29, 1.82) is 0 Å². The zero-order chi connectivity index (χ0) is 8.48. The van der Waals surface area contributed by atoms with E-state index in [9.17, 15) is 8.42 Å². The molecule has 0 bridgehead atoms. The molecule has 0 aromatic carbocycles. The highest BCUT2D eigenvalue weighted by Gasteiger charge is 2.19. The van der Waals surface area contributed by atoms with Crippen molar-refractivity contribution in [2.75, 3.05) is 6.54 Å². The molecule has 0 unspecified atom stereocenters. The lowest BCUT2D eigenvalue weighted by Crippen LogP contribution is -2.20. The van der Waals surface area contributed by atoms with E-state index in [2.05, 4.69) is 12.8 Å². The molecule has 6 heteroatoms. The van der Waals surface area contributed by atoms with Gasteiger partial charge in [0, 0.05) is 6.54 Å². The van der Waals surface area contributed by atoms with Crippen LogP contribution in [0.1, 0.15) is 0 Å². The minimum atomic E-state index is -4.12. The molecule has 0 aromatic rings. The molecular weight excluding hydrogens is 186 g/mol. The van der Waals surface area contributed by atoms with E-state index in [4.69, 9.17) is 4.55 Å². The Balaban J connectivity index is 3.04. The number of allylic oxidation sites excluding steroid dienone is 2. The van der Waals surface area contributed by atoms with Crippen molar-refractivity contribution in [2.24, 2.45) is 0 Å². The van der Waals surface area contributed by atoms with E-state index in [0.717, 1.165) is 4.31 Å². The van der Waals surface area contributed by atoms with Crippen LogP contribution in [-0.2, 0) is 10.1 Å². The zero-order valence-corrected chi connectivity index (χ0v) is 7.22. The van der Waals surface area contributed by atoms with E-state index in [-0.39, 0.29) is 5.03 Å². The lowest BCUT2D eigenvalue weighted by molar-refractivity contribution is 0.477. The van der Waals surface area contributed by atoms with Gasteiger partial charge in [-0.3, -0.25) is 4.55 Å². The van der Waals surface area contributed by atoms with Gasteiger partial charge in [-0.15, -0.1) is 0 Å². The lowest BCUT2D eigenvalue weighted by atomic mass is 10.4. The molecule has 0 amide bonds. The molecule has 0 aromatic heterocycles. The first-order valence-electron chi connectivity index (χ1n) is 2.82. The third-order valence-electron chi connectivity index (χ3n) is 1.17. The normalized spacial score (nSPS) is 18.4. The highest BCUT2D eigenvalue weighted by Crippen LogP contribution is 2.16. The smallest absolute Gasteiger partial charge is 0.303 e. The summed E-state index contributed by atoms with van der Waals surface area (Å²) in [6.45, 7) is 0.370. The second-order valence-electron chi connectivity index (χ2n) is 1.99. The first-order chi connectivity index (χ1) is 5.02. The van der Waals surface area contributed by atoms with E-state index in [1.54, 1.807) is 12.2 Å². The Kier molecular flexibility index (Phi) is 2.26. The molecule has 1 rings (SSSR count). The second-order valence-corrected chi connectivity index (χ2v) is 3.84. The molecule has 4 nitrogen and oxygen atoms in total. The lowest BCUT2D eigenvalue weighted by Gasteiger charge is -2.18. The van der Waals surface area contributed by atoms with Gasteiger partial charge in [-0.05, 0) is 6.08 Å². The Morgan fingerprint density at radius 3 is 2.64 bits per heavy atom. The van der Waals surface area contributed by atoms with Crippen molar-refractivity contribution in [3.05, 3.63) is 23.3 Å². The third-order valence-corrected chi connectivity index (χ3v) is 2.57. The van der Waals surface area contributed by atoms with Crippen molar-refractivity contribution in [2.45, 2.75) is 0 Å². The summed E-state index contributed by atoms with van der Waals surface area (Å²) in [6.07, 6.45) is 4.56. The van der Waals surface area contributed by atoms with E-state index < -0.39 is 10.1 Å².